The zero-order valence-corrected chi connectivity index (χ0v) is 27.8. The largest absolute Gasteiger partial charge is 0.438 e. The summed E-state index contributed by atoms with van der Waals surface area (Å²) in [4.78, 5) is 9.98. The van der Waals surface area contributed by atoms with Crippen molar-refractivity contribution in [2.45, 2.75) is 6.17 Å². The molecule has 1 aliphatic rings. The van der Waals surface area contributed by atoms with Gasteiger partial charge in [0.25, 0.3) is 0 Å². The Bertz CT molecular complexity index is 2770. The number of aliphatic imine (C=N–C) groups is 2. The molecule has 0 radical (unpaired) electrons. The third kappa shape index (κ3) is 4.74. The summed E-state index contributed by atoms with van der Waals surface area (Å²) in [7, 11) is 0. The van der Waals surface area contributed by atoms with E-state index in [1.165, 1.54) is 53.1 Å². The van der Waals surface area contributed by atoms with Crippen LogP contribution in [0.2, 0.25) is 0 Å². The second kappa shape index (κ2) is 11.7. The molecule has 1 atom stereocenters. The number of hydrogen-bond acceptors (Lipinski definition) is 3. The van der Waals surface area contributed by atoms with Crippen LogP contribution in [-0.2, 0) is 0 Å². The minimum Gasteiger partial charge on any atom is -0.438 e. The van der Waals surface area contributed by atoms with Crippen molar-refractivity contribution in [2.75, 3.05) is 0 Å². The summed E-state index contributed by atoms with van der Waals surface area (Å²) >= 11 is 1.87. The van der Waals surface area contributed by atoms with E-state index in [4.69, 9.17) is 15.3 Å². The normalized spacial score (nSPS) is 14.6. The van der Waals surface area contributed by atoms with Crippen LogP contribution in [0.5, 0.6) is 0 Å². The number of para-hydroxylation sites is 1. The number of benzene rings is 7. The molecule has 2 aromatic heterocycles. The van der Waals surface area contributed by atoms with Crippen LogP contribution in [0.1, 0.15) is 22.9 Å². The third-order valence-electron chi connectivity index (χ3n) is 9.60. The van der Waals surface area contributed by atoms with Crippen molar-refractivity contribution in [2.24, 2.45) is 9.98 Å². The first-order valence-electron chi connectivity index (χ1n) is 16.8. The van der Waals surface area contributed by atoms with E-state index in [0.717, 1.165) is 22.4 Å². The standard InChI is InChI=1S/C45H29N4S/c1-3-12-29(13-4-1)43-46-44(30-14-5-2-6-15-30)48-45(47-43)31-22-25-33(26-23-31)49-39-20-9-7-16-35(39)38-28-32(24-27-40(38)49)34-18-11-19-37-36-17-8-10-21-41(36)50-42(34)37/h1-28,43H/q-1. The van der Waals surface area contributed by atoms with E-state index in [1.54, 1.807) is 0 Å². The molecule has 0 N–H and O–H groups in total. The smallest absolute Gasteiger partial charge is 0.0822 e. The molecule has 7 aromatic carbocycles. The van der Waals surface area contributed by atoms with Gasteiger partial charge in [-0.15, -0.1) is 11.3 Å². The van der Waals surface area contributed by atoms with Gasteiger partial charge in [0.15, 0.2) is 0 Å². The van der Waals surface area contributed by atoms with Crippen molar-refractivity contribution in [3.63, 3.8) is 0 Å². The molecule has 50 heavy (non-hydrogen) atoms. The third-order valence-corrected chi connectivity index (χ3v) is 10.8. The summed E-state index contributed by atoms with van der Waals surface area (Å²) in [6.45, 7) is 0. The second-order valence-corrected chi connectivity index (χ2v) is 13.6. The molecule has 0 amide bonds. The fraction of sp³-hybridized carbons (Fsp3) is 0.0222. The first kappa shape index (κ1) is 28.7. The zero-order valence-electron chi connectivity index (χ0n) is 26.9. The molecule has 10 rings (SSSR count). The van der Waals surface area contributed by atoms with Crippen LogP contribution in [0, 0.1) is 0 Å². The van der Waals surface area contributed by atoms with Gasteiger partial charge < -0.3 is 14.9 Å². The lowest BCUT2D eigenvalue weighted by Crippen LogP contribution is -2.15. The molecule has 1 unspecified atom stereocenters. The first-order valence-corrected chi connectivity index (χ1v) is 17.6. The molecule has 0 aliphatic carbocycles. The predicted molar refractivity (Wildman–Crippen MR) is 211 cm³/mol. The molecule has 0 saturated heterocycles. The summed E-state index contributed by atoms with van der Waals surface area (Å²) in [5.74, 6) is 1.37. The van der Waals surface area contributed by atoms with E-state index in [0.29, 0.717) is 11.7 Å². The van der Waals surface area contributed by atoms with Gasteiger partial charge in [0.1, 0.15) is 0 Å². The number of rotatable bonds is 5. The monoisotopic (exact) mass is 657 g/mol. The van der Waals surface area contributed by atoms with E-state index >= 15 is 0 Å². The fourth-order valence-corrected chi connectivity index (χ4v) is 8.45. The van der Waals surface area contributed by atoms with Crippen molar-refractivity contribution in [1.82, 2.24) is 4.57 Å². The number of hydrogen-bond donors (Lipinski definition) is 0. The van der Waals surface area contributed by atoms with E-state index in [1.807, 2.05) is 59.9 Å². The van der Waals surface area contributed by atoms with Gasteiger partial charge in [-0.2, -0.15) is 0 Å². The van der Waals surface area contributed by atoms with Crippen molar-refractivity contribution < 1.29 is 0 Å². The average molecular weight is 658 g/mol. The van der Waals surface area contributed by atoms with Crippen LogP contribution in [0.4, 0.5) is 0 Å². The number of nitrogens with zero attached hydrogens (tertiary/aromatic N) is 4. The minimum absolute atomic E-state index is 0.358. The number of amidine groups is 2. The molecule has 0 spiro atoms. The highest BCUT2D eigenvalue weighted by molar-refractivity contribution is 7.26. The molecule has 5 heteroatoms. The first-order chi connectivity index (χ1) is 24.8. The van der Waals surface area contributed by atoms with Gasteiger partial charge in [-0.05, 0) is 64.2 Å². The SMILES string of the molecule is c1ccc(C2=NC(c3ccc(-n4c5ccccc5c5cc(-c6cccc7c6sc6ccccc67)ccc54)cc3)=NC(c3ccccc3)[N-]2)cc1. The Hall–Kier alpha value is -6.30. The van der Waals surface area contributed by atoms with E-state index in [2.05, 4.69) is 126 Å². The quantitative estimate of drug-likeness (QED) is 0.177. The van der Waals surface area contributed by atoms with E-state index < -0.39 is 0 Å². The predicted octanol–water partition coefficient (Wildman–Crippen LogP) is 12.1. The molecule has 0 fully saturated rings. The highest BCUT2D eigenvalue weighted by Gasteiger charge is 2.17. The Kier molecular flexibility index (Phi) is 6.71. The molecule has 3 heterocycles. The number of thiophene rings is 1. The second-order valence-electron chi connectivity index (χ2n) is 12.6. The minimum atomic E-state index is -0.358. The summed E-state index contributed by atoms with van der Waals surface area (Å²) in [6, 6.07) is 60.0. The Balaban J connectivity index is 1.07. The summed E-state index contributed by atoms with van der Waals surface area (Å²) < 4.78 is 5.02. The highest BCUT2D eigenvalue weighted by atomic mass is 32.1. The Morgan fingerprint density at radius 2 is 1.20 bits per heavy atom. The Morgan fingerprint density at radius 1 is 0.520 bits per heavy atom. The van der Waals surface area contributed by atoms with E-state index in [-0.39, 0.29) is 6.17 Å². The van der Waals surface area contributed by atoms with Crippen molar-refractivity contribution in [1.29, 1.82) is 0 Å². The van der Waals surface area contributed by atoms with Gasteiger partial charge in [0, 0.05) is 36.6 Å². The van der Waals surface area contributed by atoms with Gasteiger partial charge in [-0.1, -0.05) is 139 Å². The van der Waals surface area contributed by atoms with Gasteiger partial charge in [-0.3, -0.25) is 4.99 Å². The zero-order chi connectivity index (χ0) is 33.0. The summed E-state index contributed by atoms with van der Waals surface area (Å²) in [5, 5.41) is 10.0. The van der Waals surface area contributed by atoms with Crippen LogP contribution < -0.4 is 0 Å². The van der Waals surface area contributed by atoms with Gasteiger partial charge in [0.05, 0.1) is 23.0 Å². The Labute approximate surface area is 293 Å². The lowest BCUT2D eigenvalue weighted by molar-refractivity contribution is 0.878. The highest BCUT2D eigenvalue weighted by Crippen LogP contribution is 2.42. The topological polar surface area (TPSA) is 43.8 Å². The summed E-state index contributed by atoms with van der Waals surface area (Å²) in [5.41, 5.74) is 8.92. The molecule has 236 valence electrons. The van der Waals surface area contributed by atoms with Crippen molar-refractivity contribution in [3.05, 3.63) is 192 Å². The molecule has 1 aliphatic heterocycles. The molecule has 0 saturated carbocycles. The van der Waals surface area contributed by atoms with Gasteiger partial charge in [0.2, 0.25) is 0 Å². The average Bonchev–Trinajstić information content (AvgIpc) is 3.74. The van der Waals surface area contributed by atoms with E-state index in [9.17, 15) is 0 Å². The fourth-order valence-electron chi connectivity index (χ4n) is 7.21. The van der Waals surface area contributed by atoms with Crippen molar-refractivity contribution >= 4 is 65.0 Å². The van der Waals surface area contributed by atoms with Crippen LogP contribution in [-0.4, -0.2) is 16.2 Å². The van der Waals surface area contributed by atoms with Crippen molar-refractivity contribution in [3.8, 4) is 16.8 Å². The van der Waals surface area contributed by atoms with Gasteiger partial charge in [-0.25, -0.2) is 0 Å². The number of aromatic nitrogens is 1. The maximum Gasteiger partial charge on any atom is 0.0822 e. The Morgan fingerprint density at radius 3 is 2.04 bits per heavy atom. The van der Waals surface area contributed by atoms with Crippen LogP contribution in [0.15, 0.2) is 180 Å². The summed E-state index contributed by atoms with van der Waals surface area (Å²) in [6.07, 6.45) is -0.358. The molecule has 9 aromatic rings. The van der Waals surface area contributed by atoms with Crippen LogP contribution in [0.3, 0.4) is 0 Å². The van der Waals surface area contributed by atoms with Crippen LogP contribution in [0.25, 0.3) is 64.1 Å². The molecular formula is C45H29N4S-. The molecule has 4 nitrogen and oxygen atoms in total. The lowest BCUT2D eigenvalue weighted by Gasteiger charge is -2.32. The van der Waals surface area contributed by atoms with Crippen LogP contribution >= 0.6 is 11.3 Å². The lowest BCUT2D eigenvalue weighted by atomic mass is 10.0. The van der Waals surface area contributed by atoms with Gasteiger partial charge >= 0.3 is 0 Å². The maximum atomic E-state index is 5.02. The maximum absolute atomic E-state index is 5.02. The number of fused-ring (bicyclic) bond motifs is 6. The molecular weight excluding hydrogens is 629 g/mol. The molecule has 0 bridgehead atoms.